The van der Waals surface area contributed by atoms with Gasteiger partial charge in [-0.1, -0.05) is 30.5 Å². The molecule has 0 aliphatic carbocycles. The first-order valence-electron chi connectivity index (χ1n) is 10.6. The van der Waals surface area contributed by atoms with Crippen LogP contribution in [0, 0.1) is 18.8 Å². The Kier molecular flexibility index (Phi) is 6.21. The normalized spacial score (nSPS) is 11.8. The van der Waals surface area contributed by atoms with Gasteiger partial charge in [0.15, 0.2) is 5.69 Å². The van der Waals surface area contributed by atoms with Gasteiger partial charge in [0.25, 0.3) is 0 Å². The molecule has 0 aliphatic rings. The SMILES string of the molecule is CC#Cc1cn2c(CC)nc3c(C(C)Nc4ccc(Cl)nc4C(=O)OC)cc(C)cc3c2n1. The summed E-state index contributed by atoms with van der Waals surface area (Å²) in [6.45, 7) is 7.92. The number of carbonyl (C=O) groups excluding carboxylic acids is 1. The zero-order chi connectivity index (χ0) is 23.7. The van der Waals surface area contributed by atoms with Crippen LogP contribution < -0.4 is 5.32 Å². The van der Waals surface area contributed by atoms with E-state index in [-0.39, 0.29) is 16.9 Å². The van der Waals surface area contributed by atoms with Gasteiger partial charge in [-0.2, -0.15) is 0 Å². The fraction of sp³-hybridized carbons (Fsp3) is 0.280. The lowest BCUT2D eigenvalue weighted by atomic mass is 10.0. The molecule has 1 aromatic carbocycles. The fourth-order valence-corrected chi connectivity index (χ4v) is 4.08. The van der Waals surface area contributed by atoms with Crippen molar-refractivity contribution in [2.45, 2.75) is 40.2 Å². The number of nitrogens with zero attached hydrogens (tertiary/aromatic N) is 4. The van der Waals surface area contributed by atoms with Gasteiger partial charge in [-0.25, -0.2) is 19.7 Å². The Balaban J connectivity index is 1.88. The van der Waals surface area contributed by atoms with Gasteiger partial charge in [0.1, 0.15) is 22.3 Å². The van der Waals surface area contributed by atoms with Crippen LogP contribution in [0.25, 0.3) is 16.6 Å². The second-order valence-corrected chi connectivity index (χ2v) is 8.10. The second-order valence-electron chi connectivity index (χ2n) is 7.71. The third-order valence-corrected chi connectivity index (χ3v) is 5.61. The number of esters is 1. The zero-order valence-corrected chi connectivity index (χ0v) is 19.9. The van der Waals surface area contributed by atoms with E-state index in [0.717, 1.165) is 39.9 Å². The maximum Gasteiger partial charge on any atom is 0.358 e. The average Bonchev–Trinajstić information content (AvgIpc) is 3.23. The molecule has 4 aromatic rings. The number of anilines is 1. The third-order valence-electron chi connectivity index (χ3n) is 5.40. The Bertz CT molecular complexity index is 1450. The van der Waals surface area contributed by atoms with Crippen molar-refractivity contribution in [1.29, 1.82) is 0 Å². The highest BCUT2D eigenvalue weighted by Crippen LogP contribution is 2.31. The van der Waals surface area contributed by atoms with E-state index in [1.807, 2.05) is 24.4 Å². The molecule has 1 atom stereocenters. The number of aromatic nitrogens is 4. The minimum Gasteiger partial charge on any atom is -0.464 e. The topological polar surface area (TPSA) is 81.4 Å². The molecular weight excluding hydrogens is 438 g/mol. The molecule has 0 spiro atoms. The molecule has 3 aromatic heterocycles. The molecule has 8 heteroatoms. The van der Waals surface area contributed by atoms with Crippen LogP contribution in [-0.4, -0.2) is 32.4 Å². The smallest absolute Gasteiger partial charge is 0.358 e. The van der Waals surface area contributed by atoms with Crippen LogP contribution in [0.3, 0.4) is 0 Å². The van der Waals surface area contributed by atoms with Crippen molar-refractivity contribution < 1.29 is 9.53 Å². The first-order chi connectivity index (χ1) is 15.9. The van der Waals surface area contributed by atoms with Crippen LogP contribution in [0.5, 0.6) is 0 Å². The number of carbonyl (C=O) groups is 1. The van der Waals surface area contributed by atoms with E-state index in [4.69, 9.17) is 26.3 Å². The number of aryl methyl sites for hydroxylation is 2. The molecule has 33 heavy (non-hydrogen) atoms. The highest BCUT2D eigenvalue weighted by molar-refractivity contribution is 6.29. The standard InChI is InChI=1S/C25H24ClN5O2/c1-6-8-16-13-31-21(7-2)30-22-17(11-14(3)12-18(22)24(31)28-16)15(4)27-19-9-10-20(26)29-23(19)25(32)33-5/h9-13,15,27H,7H2,1-5H3. The molecule has 0 radical (unpaired) electrons. The summed E-state index contributed by atoms with van der Waals surface area (Å²) in [5, 5.41) is 4.55. The molecule has 168 valence electrons. The Morgan fingerprint density at radius 1 is 1.27 bits per heavy atom. The molecule has 7 nitrogen and oxygen atoms in total. The summed E-state index contributed by atoms with van der Waals surface area (Å²) < 4.78 is 6.89. The highest BCUT2D eigenvalue weighted by atomic mass is 35.5. The average molecular weight is 462 g/mol. The monoisotopic (exact) mass is 461 g/mol. The molecule has 0 saturated heterocycles. The Hall–Kier alpha value is -3.63. The summed E-state index contributed by atoms with van der Waals surface area (Å²) in [5.41, 5.74) is 5.13. The number of ether oxygens (including phenoxy) is 1. The quantitative estimate of drug-likeness (QED) is 0.252. The summed E-state index contributed by atoms with van der Waals surface area (Å²) in [6, 6.07) is 7.36. The van der Waals surface area contributed by atoms with Crippen molar-refractivity contribution in [3.05, 3.63) is 64.0 Å². The van der Waals surface area contributed by atoms with Crippen LogP contribution in [-0.2, 0) is 11.2 Å². The van der Waals surface area contributed by atoms with Crippen molar-refractivity contribution in [3.8, 4) is 11.8 Å². The van der Waals surface area contributed by atoms with Crippen LogP contribution in [0.2, 0.25) is 5.15 Å². The number of pyridine rings is 1. The number of rotatable bonds is 5. The zero-order valence-electron chi connectivity index (χ0n) is 19.2. The number of nitrogens with one attached hydrogen (secondary N) is 1. The van der Waals surface area contributed by atoms with Crippen molar-refractivity contribution >= 4 is 39.8 Å². The number of fused-ring (bicyclic) bond motifs is 3. The maximum absolute atomic E-state index is 12.2. The number of imidazole rings is 1. The van der Waals surface area contributed by atoms with Gasteiger partial charge in [0, 0.05) is 23.6 Å². The van der Waals surface area contributed by atoms with Gasteiger partial charge >= 0.3 is 5.97 Å². The lowest BCUT2D eigenvalue weighted by molar-refractivity contribution is 0.0595. The lowest BCUT2D eigenvalue weighted by Gasteiger charge is -2.20. The van der Waals surface area contributed by atoms with E-state index >= 15 is 0 Å². The maximum atomic E-state index is 12.2. The summed E-state index contributed by atoms with van der Waals surface area (Å²) >= 11 is 6.01. The molecule has 0 bridgehead atoms. The first kappa shape index (κ1) is 22.6. The lowest BCUT2D eigenvalue weighted by Crippen LogP contribution is -2.14. The van der Waals surface area contributed by atoms with Crippen LogP contribution >= 0.6 is 11.6 Å². The van der Waals surface area contributed by atoms with E-state index in [0.29, 0.717) is 11.4 Å². The predicted molar refractivity (Wildman–Crippen MR) is 130 cm³/mol. The Labute approximate surface area is 197 Å². The molecule has 4 rings (SSSR count). The van der Waals surface area contributed by atoms with Crippen LogP contribution in [0.15, 0.2) is 30.5 Å². The molecule has 0 saturated carbocycles. The fourth-order valence-electron chi connectivity index (χ4n) is 3.93. The summed E-state index contributed by atoms with van der Waals surface area (Å²) in [4.78, 5) is 26.1. The highest BCUT2D eigenvalue weighted by Gasteiger charge is 2.20. The number of hydrogen-bond acceptors (Lipinski definition) is 6. The van der Waals surface area contributed by atoms with Gasteiger partial charge < -0.3 is 10.1 Å². The number of hydrogen-bond donors (Lipinski definition) is 1. The van der Waals surface area contributed by atoms with Crippen molar-refractivity contribution in [2.75, 3.05) is 12.4 Å². The van der Waals surface area contributed by atoms with E-state index < -0.39 is 5.97 Å². The molecular formula is C25H24ClN5O2. The summed E-state index contributed by atoms with van der Waals surface area (Å²) in [7, 11) is 1.31. The number of methoxy groups -OCH3 is 1. The number of halogens is 1. The van der Waals surface area contributed by atoms with E-state index in [1.165, 1.54) is 7.11 Å². The number of benzene rings is 1. The van der Waals surface area contributed by atoms with Gasteiger partial charge in [0.2, 0.25) is 0 Å². The second kappa shape index (κ2) is 9.08. The van der Waals surface area contributed by atoms with Crippen LogP contribution in [0.1, 0.15) is 59.9 Å². The largest absolute Gasteiger partial charge is 0.464 e. The summed E-state index contributed by atoms with van der Waals surface area (Å²) in [6.07, 6.45) is 2.67. The molecule has 1 N–H and O–H groups in total. The molecule has 3 heterocycles. The third kappa shape index (κ3) is 4.22. The minimum absolute atomic E-state index is 0.134. The molecule has 0 aliphatic heterocycles. The van der Waals surface area contributed by atoms with Crippen molar-refractivity contribution in [2.24, 2.45) is 0 Å². The van der Waals surface area contributed by atoms with Gasteiger partial charge in [-0.3, -0.25) is 4.40 Å². The van der Waals surface area contributed by atoms with Crippen molar-refractivity contribution in [3.63, 3.8) is 0 Å². The van der Waals surface area contributed by atoms with E-state index in [2.05, 4.69) is 41.2 Å². The predicted octanol–water partition coefficient (Wildman–Crippen LogP) is 5.13. The molecule has 1 unspecified atom stereocenters. The first-order valence-corrected chi connectivity index (χ1v) is 11.0. The Morgan fingerprint density at radius 2 is 2.06 bits per heavy atom. The van der Waals surface area contributed by atoms with Gasteiger partial charge in [-0.05, 0) is 50.5 Å². The Morgan fingerprint density at radius 3 is 2.76 bits per heavy atom. The van der Waals surface area contributed by atoms with Crippen molar-refractivity contribution in [1.82, 2.24) is 19.4 Å². The van der Waals surface area contributed by atoms with E-state index in [1.54, 1.807) is 19.1 Å². The van der Waals surface area contributed by atoms with Gasteiger partial charge in [-0.15, -0.1) is 0 Å². The molecule has 0 fully saturated rings. The minimum atomic E-state index is -0.559. The van der Waals surface area contributed by atoms with E-state index in [9.17, 15) is 4.79 Å². The van der Waals surface area contributed by atoms with Gasteiger partial charge in [0.05, 0.1) is 24.4 Å². The van der Waals surface area contributed by atoms with Crippen LogP contribution in [0.4, 0.5) is 5.69 Å². The summed E-state index contributed by atoms with van der Waals surface area (Å²) in [5.74, 6) is 6.29. The molecule has 0 amide bonds.